The van der Waals surface area contributed by atoms with E-state index < -0.39 is 22.5 Å². The summed E-state index contributed by atoms with van der Waals surface area (Å²) in [5, 5.41) is 3.33. The molecule has 0 aromatic heterocycles. The first-order valence-electron chi connectivity index (χ1n) is 9.76. The van der Waals surface area contributed by atoms with E-state index in [0.717, 1.165) is 9.20 Å². The number of benzene rings is 3. The molecule has 5 nitrogen and oxygen atoms in total. The molecule has 0 aliphatic rings. The summed E-state index contributed by atoms with van der Waals surface area (Å²) >= 11 is 13.8. The summed E-state index contributed by atoms with van der Waals surface area (Å²) in [6.45, 7) is 2.02. The van der Waals surface area contributed by atoms with Gasteiger partial charge in [0, 0.05) is 27.2 Å². The van der Waals surface area contributed by atoms with Gasteiger partial charge in [-0.2, -0.15) is 0 Å². The van der Waals surface area contributed by atoms with Crippen molar-refractivity contribution in [1.82, 2.24) is 5.32 Å². The molecule has 1 N–H and O–H groups in total. The molecule has 0 saturated carbocycles. The van der Waals surface area contributed by atoms with Gasteiger partial charge in [0.15, 0.2) is 0 Å². The topological polar surface area (TPSA) is 66.5 Å². The molecule has 0 spiro atoms. The van der Waals surface area contributed by atoms with E-state index in [4.69, 9.17) is 23.2 Å². The molecule has 3 aromatic carbocycles. The van der Waals surface area contributed by atoms with E-state index in [0.29, 0.717) is 12.3 Å². The van der Waals surface area contributed by atoms with Gasteiger partial charge in [-0.05, 0) is 49.4 Å². The molecular weight excluding hydrogens is 487 g/mol. The van der Waals surface area contributed by atoms with Crippen molar-refractivity contribution in [2.45, 2.75) is 16.7 Å². The Kier molecular flexibility index (Phi) is 8.48. The van der Waals surface area contributed by atoms with Crippen LogP contribution in [-0.2, 0) is 14.8 Å². The van der Waals surface area contributed by atoms with Gasteiger partial charge in [0.25, 0.3) is 10.0 Å². The molecule has 0 unspecified atom stereocenters. The fourth-order valence-corrected chi connectivity index (χ4v) is 5.61. The minimum absolute atomic E-state index is 0.0684. The van der Waals surface area contributed by atoms with Crippen LogP contribution in [0.4, 0.5) is 5.69 Å². The number of aryl methyl sites for hydroxylation is 1. The Morgan fingerprint density at radius 1 is 0.969 bits per heavy atom. The third-order valence-corrected chi connectivity index (χ3v) is 7.71. The first-order chi connectivity index (χ1) is 15.3. The van der Waals surface area contributed by atoms with Crippen molar-refractivity contribution < 1.29 is 13.2 Å². The van der Waals surface area contributed by atoms with Crippen LogP contribution in [0.5, 0.6) is 0 Å². The number of anilines is 1. The summed E-state index contributed by atoms with van der Waals surface area (Å²) in [6.07, 6.45) is 0. The predicted molar refractivity (Wildman–Crippen MR) is 132 cm³/mol. The molecular formula is C23H22Cl2N2O3S2. The monoisotopic (exact) mass is 508 g/mol. The number of carbonyl (C=O) groups is 1. The molecule has 1 amide bonds. The van der Waals surface area contributed by atoms with E-state index in [-0.39, 0.29) is 20.6 Å². The molecule has 3 rings (SSSR count). The van der Waals surface area contributed by atoms with Crippen LogP contribution in [-0.4, -0.2) is 33.2 Å². The minimum Gasteiger partial charge on any atom is -0.354 e. The Hall–Kier alpha value is -2.19. The zero-order chi connectivity index (χ0) is 23.1. The van der Waals surface area contributed by atoms with Gasteiger partial charge in [0.2, 0.25) is 5.91 Å². The van der Waals surface area contributed by atoms with Gasteiger partial charge < -0.3 is 5.32 Å². The van der Waals surface area contributed by atoms with Crippen molar-refractivity contribution in [3.05, 3.63) is 88.4 Å². The summed E-state index contributed by atoms with van der Waals surface area (Å²) in [4.78, 5) is 13.8. The van der Waals surface area contributed by atoms with E-state index in [1.54, 1.807) is 30.0 Å². The Morgan fingerprint density at radius 2 is 1.59 bits per heavy atom. The highest BCUT2D eigenvalue weighted by atomic mass is 35.5. The predicted octanol–water partition coefficient (Wildman–Crippen LogP) is 5.41. The van der Waals surface area contributed by atoms with Crippen LogP contribution >= 0.6 is 35.0 Å². The maximum atomic E-state index is 13.3. The number of carbonyl (C=O) groups excluding carboxylic acids is 1. The summed E-state index contributed by atoms with van der Waals surface area (Å²) < 4.78 is 27.6. The fraction of sp³-hybridized carbons (Fsp3) is 0.174. The van der Waals surface area contributed by atoms with Crippen molar-refractivity contribution in [1.29, 1.82) is 0 Å². The van der Waals surface area contributed by atoms with Crippen LogP contribution in [0.1, 0.15) is 5.56 Å². The summed E-state index contributed by atoms with van der Waals surface area (Å²) in [5.74, 6) is 0.230. The molecule has 0 aliphatic carbocycles. The van der Waals surface area contributed by atoms with Gasteiger partial charge in [-0.15, -0.1) is 11.8 Å². The molecule has 168 valence electrons. The van der Waals surface area contributed by atoms with Crippen LogP contribution in [0, 0.1) is 6.92 Å². The SMILES string of the molecule is Cc1ccc(SCCNC(=O)CN(c2cc(Cl)cc(Cl)c2)S(=O)(=O)c2ccccc2)cc1. The van der Waals surface area contributed by atoms with Crippen LogP contribution in [0.2, 0.25) is 10.0 Å². The number of halogens is 2. The third kappa shape index (κ3) is 6.65. The Morgan fingerprint density at radius 3 is 2.22 bits per heavy atom. The first-order valence-corrected chi connectivity index (χ1v) is 12.9. The number of thioether (sulfide) groups is 1. The zero-order valence-corrected chi connectivity index (χ0v) is 20.4. The van der Waals surface area contributed by atoms with Crippen molar-refractivity contribution in [2.24, 2.45) is 0 Å². The average Bonchev–Trinajstić information content (AvgIpc) is 2.76. The summed E-state index contributed by atoms with van der Waals surface area (Å²) in [5.41, 5.74) is 1.40. The molecule has 3 aromatic rings. The number of sulfonamides is 1. The number of nitrogens with zero attached hydrogens (tertiary/aromatic N) is 1. The second-order valence-electron chi connectivity index (χ2n) is 6.96. The minimum atomic E-state index is -4.01. The van der Waals surface area contributed by atoms with Gasteiger partial charge in [0.05, 0.1) is 10.6 Å². The third-order valence-electron chi connectivity index (χ3n) is 4.47. The standard InChI is InChI=1S/C23H22Cl2N2O3S2/c1-17-7-9-21(10-8-17)31-12-11-26-23(28)16-27(20-14-18(24)13-19(25)15-20)32(29,30)22-5-3-2-4-6-22/h2-10,13-15H,11-12,16H2,1H3,(H,26,28). The highest BCUT2D eigenvalue weighted by Crippen LogP contribution is 2.29. The van der Waals surface area contributed by atoms with Crippen LogP contribution < -0.4 is 9.62 Å². The second kappa shape index (κ2) is 11.1. The second-order valence-corrected chi connectivity index (χ2v) is 10.9. The first kappa shape index (κ1) is 24.5. The number of hydrogen-bond donors (Lipinski definition) is 1. The van der Waals surface area contributed by atoms with E-state index in [9.17, 15) is 13.2 Å². The van der Waals surface area contributed by atoms with Crippen LogP contribution in [0.15, 0.2) is 82.6 Å². The molecule has 0 heterocycles. The van der Waals surface area contributed by atoms with Crippen molar-refractivity contribution in [2.75, 3.05) is 23.1 Å². The lowest BCUT2D eigenvalue weighted by atomic mass is 10.2. The Bertz CT molecular complexity index is 1150. The normalized spacial score (nSPS) is 11.2. The maximum Gasteiger partial charge on any atom is 0.264 e. The van der Waals surface area contributed by atoms with Crippen molar-refractivity contribution >= 4 is 56.6 Å². The van der Waals surface area contributed by atoms with E-state index in [1.165, 1.54) is 35.9 Å². The van der Waals surface area contributed by atoms with Gasteiger partial charge in [-0.3, -0.25) is 9.10 Å². The summed E-state index contributed by atoms with van der Waals surface area (Å²) in [7, 11) is -4.01. The molecule has 0 fully saturated rings. The largest absolute Gasteiger partial charge is 0.354 e. The molecule has 0 atom stereocenters. The molecule has 32 heavy (non-hydrogen) atoms. The highest BCUT2D eigenvalue weighted by Gasteiger charge is 2.27. The molecule has 0 bridgehead atoms. The van der Waals surface area contributed by atoms with Gasteiger partial charge in [0.1, 0.15) is 6.54 Å². The van der Waals surface area contributed by atoms with E-state index in [1.807, 2.05) is 31.2 Å². The number of nitrogens with one attached hydrogen (secondary N) is 1. The molecule has 9 heteroatoms. The summed E-state index contributed by atoms with van der Waals surface area (Å²) in [6, 6.07) is 20.5. The van der Waals surface area contributed by atoms with Gasteiger partial charge >= 0.3 is 0 Å². The average molecular weight is 509 g/mol. The van der Waals surface area contributed by atoms with Gasteiger partial charge in [-0.25, -0.2) is 8.42 Å². The fourth-order valence-electron chi connectivity index (χ4n) is 2.90. The maximum absolute atomic E-state index is 13.3. The van der Waals surface area contributed by atoms with Gasteiger partial charge in [-0.1, -0.05) is 59.1 Å². The number of hydrogen-bond acceptors (Lipinski definition) is 4. The van der Waals surface area contributed by atoms with E-state index in [2.05, 4.69) is 5.32 Å². The highest BCUT2D eigenvalue weighted by molar-refractivity contribution is 7.99. The molecule has 0 saturated heterocycles. The van der Waals surface area contributed by atoms with E-state index >= 15 is 0 Å². The Labute approximate surface area is 202 Å². The number of rotatable bonds is 9. The quantitative estimate of drug-likeness (QED) is 0.310. The van der Waals surface area contributed by atoms with Crippen LogP contribution in [0.25, 0.3) is 0 Å². The lowest BCUT2D eigenvalue weighted by molar-refractivity contribution is -0.119. The lowest BCUT2D eigenvalue weighted by Crippen LogP contribution is -2.41. The van der Waals surface area contributed by atoms with Crippen molar-refractivity contribution in [3.63, 3.8) is 0 Å². The van der Waals surface area contributed by atoms with Crippen LogP contribution in [0.3, 0.4) is 0 Å². The zero-order valence-electron chi connectivity index (χ0n) is 17.3. The molecule has 0 radical (unpaired) electrons. The lowest BCUT2D eigenvalue weighted by Gasteiger charge is -2.24. The molecule has 0 aliphatic heterocycles. The number of amides is 1. The Balaban J connectivity index is 1.72. The smallest absolute Gasteiger partial charge is 0.264 e. The van der Waals surface area contributed by atoms with Crippen molar-refractivity contribution in [3.8, 4) is 0 Å².